The Labute approximate surface area is 208 Å². The molecular weight excluding hydrogens is 491 g/mol. The number of carbonyl (C=O) groups is 1. The maximum atomic E-state index is 13.1. The van der Waals surface area contributed by atoms with E-state index in [1.54, 1.807) is 29.1 Å². The van der Waals surface area contributed by atoms with Gasteiger partial charge in [-0.15, -0.1) is 0 Å². The second kappa shape index (κ2) is 9.16. The zero-order chi connectivity index (χ0) is 25.4. The van der Waals surface area contributed by atoms with E-state index < -0.39 is 17.6 Å². The van der Waals surface area contributed by atoms with Crippen LogP contribution in [0.15, 0.2) is 72.9 Å². The van der Waals surface area contributed by atoms with Crippen LogP contribution in [0.4, 0.5) is 18.9 Å². The number of hydrogen-bond donors (Lipinski definition) is 2. The topological polar surface area (TPSA) is 75.6 Å². The Hall–Kier alpha value is -4.11. The summed E-state index contributed by atoms with van der Waals surface area (Å²) in [5, 5.41) is 6.88. The molecule has 6 nitrogen and oxygen atoms in total. The first-order valence-electron chi connectivity index (χ1n) is 10.9. The highest BCUT2D eigenvalue weighted by Gasteiger charge is 2.31. The minimum absolute atomic E-state index is 0.175. The minimum Gasteiger partial charge on any atom is -0.335 e. The van der Waals surface area contributed by atoms with Gasteiger partial charge in [0, 0.05) is 21.8 Å². The number of fused-ring (bicyclic) bond motifs is 1. The number of nitrogens with one attached hydrogen (secondary N) is 2. The van der Waals surface area contributed by atoms with Crippen LogP contribution in [0.2, 0.25) is 5.02 Å². The van der Waals surface area contributed by atoms with Crippen molar-refractivity contribution >= 4 is 34.4 Å². The van der Waals surface area contributed by atoms with Crippen LogP contribution in [0.25, 0.3) is 22.6 Å². The zero-order valence-corrected chi connectivity index (χ0v) is 19.7. The second-order valence-corrected chi connectivity index (χ2v) is 8.76. The fourth-order valence-electron chi connectivity index (χ4n) is 3.89. The van der Waals surface area contributed by atoms with E-state index >= 15 is 0 Å². The molecule has 0 radical (unpaired) electrons. The van der Waals surface area contributed by atoms with Gasteiger partial charge in [-0.1, -0.05) is 48.0 Å². The van der Waals surface area contributed by atoms with E-state index in [9.17, 15) is 18.0 Å². The number of rotatable bonds is 5. The molecule has 5 aromatic rings. The molecule has 182 valence electrons. The lowest BCUT2D eigenvalue weighted by atomic mass is 10.1. The second-order valence-electron chi connectivity index (χ2n) is 8.32. The van der Waals surface area contributed by atoms with Crippen molar-refractivity contribution in [2.24, 2.45) is 0 Å². The lowest BCUT2D eigenvalue weighted by Gasteiger charge is -2.12. The van der Waals surface area contributed by atoms with Crippen molar-refractivity contribution in [2.75, 3.05) is 5.32 Å². The Kier molecular flexibility index (Phi) is 6.01. The van der Waals surface area contributed by atoms with Crippen LogP contribution in [0.5, 0.6) is 0 Å². The van der Waals surface area contributed by atoms with Crippen molar-refractivity contribution in [3.63, 3.8) is 0 Å². The molecule has 0 bridgehead atoms. The summed E-state index contributed by atoms with van der Waals surface area (Å²) in [6.07, 6.45) is -2.92. The van der Waals surface area contributed by atoms with Crippen LogP contribution in [0.3, 0.4) is 0 Å². The Morgan fingerprint density at radius 2 is 1.86 bits per heavy atom. The summed E-state index contributed by atoms with van der Waals surface area (Å²) in [6, 6.07) is 17.8. The third-order valence-corrected chi connectivity index (χ3v) is 5.91. The summed E-state index contributed by atoms with van der Waals surface area (Å²) in [7, 11) is 0. The van der Waals surface area contributed by atoms with E-state index in [4.69, 9.17) is 16.6 Å². The first kappa shape index (κ1) is 23.6. The Bertz CT molecular complexity index is 1570. The lowest BCUT2D eigenvalue weighted by Crippen LogP contribution is -2.14. The number of aromatic amines is 1. The van der Waals surface area contributed by atoms with Crippen molar-refractivity contribution in [3.05, 3.63) is 100 Å². The first-order chi connectivity index (χ1) is 17.2. The molecule has 0 aliphatic rings. The fourth-order valence-corrected chi connectivity index (χ4v) is 4.12. The molecule has 0 saturated carbocycles. The van der Waals surface area contributed by atoms with Crippen LogP contribution in [0, 0.1) is 6.92 Å². The Balaban J connectivity index is 1.42. The maximum absolute atomic E-state index is 13.1. The summed E-state index contributed by atoms with van der Waals surface area (Å²) in [5.41, 5.74) is 3.38. The number of carbonyl (C=O) groups excluding carboxylic acids is 1. The number of benzene rings is 3. The average molecular weight is 510 g/mol. The van der Waals surface area contributed by atoms with Crippen molar-refractivity contribution in [2.45, 2.75) is 19.6 Å². The molecule has 0 spiro atoms. The summed E-state index contributed by atoms with van der Waals surface area (Å²) in [6.45, 7) is 2.46. The number of alkyl halides is 3. The molecule has 0 aliphatic carbocycles. The fraction of sp³-hybridized carbons (Fsp3) is 0.115. The highest BCUT2D eigenvalue weighted by atomic mass is 35.5. The molecule has 2 aromatic heterocycles. The third kappa shape index (κ3) is 4.83. The van der Waals surface area contributed by atoms with Gasteiger partial charge < -0.3 is 10.3 Å². The molecular formula is C26H19ClF3N5O. The highest BCUT2D eigenvalue weighted by Crippen LogP contribution is 2.32. The number of H-pyrrole nitrogens is 1. The van der Waals surface area contributed by atoms with Gasteiger partial charge in [0.15, 0.2) is 5.65 Å². The normalized spacial score (nSPS) is 11.7. The van der Waals surface area contributed by atoms with Crippen molar-refractivity contribution in [1.29, 1.82) is 0 Å². The van der Waals surface area contributed by atoms with Gasteiger partial charge in [0.2, 0.25) is 0 Å². The number of hydrogen-bond acceptors (Lipinski definition) is 3. The maximum Gasteiger partial charge on any atom is 0.416 e. The quantitative estimate of drug-likeness (QED) is 0.276. The molecule has 10 heteroatoms. The molecule has 2 N–H and O–H groups in total. The molecule has 2 heterocycles. The average Bonchev–Trinajstić information content (AvgIpc) is 3.42. The van der Waals surface area contributed by atoms with E-state index in [0.29, 0.717) is 23.7 Å². The molecule has 0 atom stereocenters. The Morgan fingerprint density at radius 3 is 2.61 bits per heavy atom. The molecule has 0 saturated heterocycles. The van der Waals surface area contributed by atoms with Gasteiger partial charge >= 0.3 is 6.18 Å². The SMILES string of the molecule is Cc1ccc(NC(=O)c2cc(Cl)cc(C(F)(F)F)c2)cc1-c1nc2c(cnn2Cc2ccccc2)[nH]1. The van der Waals surface area contributed by atoms with Crippen molar-refractivity contribution in [3.8, 4) is 11.4 Å². The number of nitrogens with zero attached hydrogens (tertiary/aromatic N) is 3. The van der Waals surface area contributed by atoms with Gasteiger partial charge in [-0.25, -0.2) is 9.67 Å². The molecule has 1 amide bonds. The molecule has 5 rings (SSSR count). The predicted octanol–water partition coefficient (Wildman–Crippen LogP) is 6.71. The zero-order valence-electron chi connectivity index (χ0n) is 18.9. The van der Waals surface area contributed by atoms with Crippen molar-refractivity contribution in [1.82, 2.24) is 19.7 Å². The van der Waals surface area contributed by atoms with Crippen LogP contribution < -0.4 is 5.32 Å². The van der Waals surface area contributed by atoms with E-state index in [2.05, 4.69) is 15.4 Å². The smallest absolute Gasteiger partial charge is 0.335 e. The molecule has 3 aromatic carbocycles. The van der Waals surface area contributed by atoms with Crippen molar-refractivity contribution < 1.29 is 18.0 Å². The van der Waals surface area contributed by atoms with E-state index in [0.717, 1.165) is 34.3 Å². The van der Waals surface area contributed by atoms with Gasteiger partial charge in [0.1, 0.15) is 11.3 Å². The Morgan fingerprint density at radius 1 is 1.08 bits per heavy atom. The summed E-state index contributed by atoms with van der Waals surface area (Å²) < 4.78 is 41.2. The summed E-state index contributed by atoms with van der Waals surface area (Å²) in [4.78, 5) is 20.7. The number of amides is 1. The monoisotopic (exact) mass is 509 g/mol. The van der Waals surface area contributed by atoms with Crippen LogP contribution in [-0.2, 0) is 12.7 Å². The van der Waals surface area contributed by atoms with Gasteiger partial charge in [0.05, 0.1) is 18.3 Å². The first-order valence-corrected chi connectivity index (χ1v) is 11.3. The summed E-state index contributed by atoms with van der Waals surface area (Å²) in [5.74, 6) is -0.124. The largest absolute Gasteiger partial charge is 0.416 e. The summed E-state index contributed by atoms with van der Waals surface area (Å²) >= 11 is 5.82. The van der Waals surface area contributed by atoms with Gasteiger partial charge in [-0.3, -0.25) is 4.79 Å². The van der Waals surface area contributed by atoms with E-state index in [-0.39, 0.29) is 10.6 Å². The van der Waals surface area contributed by atoms with E-state index in [1.165, 1.54) is 6.07 Å². The van der Waals surface area contributed by atoms with Crippen LogP contribution >= 0.6 is 11.6 Å². The highest BCUT2D eigenvalue weighted by molar-refractivity contribution is 6.31. The molecule has 0 fully saturated rings. The third-order valence-electron chi connectivity index (χ3n) is 5.70. The number of imidazole rings is 1. The lowest BCUT2D eigenvalue weighted by molar-refractivity contribution is -0.137. The minimum atomic E-state index is -4.62. The number of aromatic nitrogens is 4. The van der Waals surface area contributed by atoms with Crippen LogP contribution in [0.1, 0.15) is 27.0 Å². The molecule has 36 heavy (non-hydrogen) atoms. The standard InChI is InChI=1S/C26H19ClF3N5O/c1-15-7-8-20(32-25(36)17-9-18(26(28,29)30)11-19(27)10-17)12-21(15)23-33-22-13-31-35(24(22)34-23)14-16-5-3-2-4-6-16/h2-13H,14H2,1H3,(H,32,36)(H,33,34). The van der Waals surface area contributed by atoms with E-state index in [1.807, 2.05) is 37.3 Å². The van der Waals surface area contributed by atoms with Gasteiger partial charge in [-0.2, -0.15) is 18.3 Å². The number of aryl methyl sites for hydroxylation is 1. The van der Waals surface area contributed by atoms with Gasteiger partial charge in [-0.05, 0) is 48.4 Å². The van der Waals surface area contributed by atoms with Gasteiger partial charge in [0.25, 0.3) is 5.91 Å². The molecule has 0 unspecified atom stereocenters. The number of anilines is 1. The number of halogens is 4. The predicted molar refractivity (Wildman–Crippen MR) is 132 cm³/mol. The molecule has 0 aliphatic heterocycles. The van der Waals surface area contributed by atoms with Crippen LogP contribution in [-0.4, -0.2) is 25.7 Å².